The Morgan fingerprint density at radius 3 is 1.39 bits per heavy atom. The highest BCUT2D eigenvalue weighted by atomic mass is 79.9. The molecule has 6 heteroatoms. The summed E-state index contributed by atoms with van der Waals surface area (Å²) in [6.07, 6.45) is 0. The first-order valence-corrected chi connectivity index (χ1v) is 12.2. The zero-order valence-electron chi connectivity index (χ0n) is 17.3. The molecule has 33 heavy (non-hydrogen) atoms. The van der Waals surface area contributed by atoms with Crippen LogP contribution in [0.25, 0.3) is 33.4 Å². The Balaban J connectivity index is 2.30. The van der Waals surface area contributed by atoms with Crippen LogP contribution in [0, 0.1) is 22.7 Å². The maximum Gasteiger partial charge on any atom is 0.328 e. The van der Waals surface area contributed by atoms with E-state index in [1.54, 1.807) is 0 Å². The molecular weight excluding hydrogens is 495 g/mol. The minimum atomic E-state index is -2.97. The van der Waals surface area contributed by atoms with Gasteiger partial charge in [0.1, 0.15) is 12.1 Å². The highest BCUT2D eigenvalue weighted by Crippen LogP contribution is 2.52. The van der Waals surface area contributed by atoms with Gasteiger partial charge in [-0.05, 0) is 32.6 Å². The van der Waals surface area contributed by atoms with Gasteiger partial charge in [-0.15, -0.1) is 0 Å². The van der Waals surface area contributed by atoms with E-state index >= 15 is 0 Å². The topological polar surface area (TPSA) is 87.7 Å². The van der Waals surface area contributed by atoms with Crippen molar-refractivity contribution < 1.29 is 9.46 Å². The smallest absolute Gasteiger partial charge is 0.328 e. The Labute approximate surface area is 201 Å². The van der Waals surface area contributed by atoms with E-state index in [9.17, 15) is 20.0 Å². The van der Waals surface area contributed by atoms with Gasteiger partial charge in [-0.3, -0.25) is 0 Å². The number of hydrogen-bond acceptors (Lipinski definition) is 4. The highest BCUT2D eigenvalue weighted by molar-refractivity contribution is 9.10. The molecule has 0 amide bonds. The molecule has 4 aromatic rings. The molecule has 0 aliphatic carbocycles. The summed E-state index contributed by atoms with van der Waals surface area (Å²) >= 11 is 3.28. The zero-order chi connectivity index (χ0) is 23.4. The number of nitrogens with zero attached hydrogens (tertiary/aromatic N) is 2. The predicted molar refractivity (Wildman–Crippen MR) is 131 cm³/mol. The third kappa shape index (κ3) is 4.23. The summed E-state index contributed by atoms with van der Waals surface area (Å²) in [6.45, 7) is 0. The quantitative estimate of drug-likeness (QED) is 0.215. The molecule has 4 aromatic carbocycles. The van der Waals surface area contributed by atoms with Crippen LogP contribution in [0.4, 0.5) is 0 Å². The molecule has 0 saturated heterocycles. The van der Waals surface area contributed by atoms with Gasteiger partial charge in [-0.25, -0.2) is 0 Å². The van der Waals surface area contributed by atoms with Crippen molar-refractivity contribution in [2.45, 2.75) is 4.57 Å². The Kier molecular flexibility index (Phi) is 6.78. The lowest BCUT2D eigenvalue weighted by Gasteiger charge is -2.22. The average molecular weight is 511 g/mol. The van der Waals surface area contributed by atoms with E-state index in [0.717, 1.165) is 11.1 Å². The normalized spacial score (nSPS) is 11.8. The Morgan fingerprint density at radius 2 is 1.03 bits per heavy atom. The number of rotatable bonds is 5. The molecule has 0 bridgehead atoms. The molecule has 0 radical (unpaired) electrons. The monoisotopic (exact) mass is 510 g/mol. The second-order valence-electron chi connectivity index (χ2n) is 7.23. The first-order valence-electron chi connectivity index (χ1n) is 10.1. The van der Waals surface area contributed by atoms with Crippen molar-refractivity contribution in [3.8, 4) is 45.5 Å². The van der Waals surface area contributed by atoms with Gasteiger partial charge in [-0.2, -0.15) is 10.5 Å². The first kappa shape index (κ1) is 22.6. The van der Waals surface area contributed by atoms with Crippen molar-refractivity contribution in [3.63, 3.8) is 0 Å². The van der Waals surface area contributed by atoms with Gasteiger partial charge in [0.25, 0.3) is 0 Å². The summed E-state index contributed by atoms with van der Waals surface area (Å²) in [7, 11) is -2.97. The molecule has 158 valence electrons. The van der Waals surface area contributed by atoms with E-state index in [-0.39, 0.29) is 11.1 Å². The van der Waals surface area contributed by atoms with Crippen LogP contribution in [-0.4, -0.2) is 0 Å². The minimum Gasteiger partial charge on any atom is -0.594 e. The maximum atomic E-state index is 12.2. The lowest BCUT2D eigenvalue weighted by molar-refractivity contribution is -0.164. The van der Waals surface area contributed by atoms with E-state index in [0.29, 0.717) is 27.8 Å². The molecule has 2 atom stereocenters. The summed E-state index contributed by atoms with van der Waals surface area (Å²) in [5.41, 5.74) is 4.56. The molecule has 4 nitrogen and oxygen atoms in total. The predicted octanol–water partition coefficient (Wildman–Crippen LogP) is 6.93. The van der Waals surface area contributed by atoms with Crippen molar-refractivity contribution in [1.82, 2.24) is 0 Å². The number of halogens is 1. The van der Waals surface area contributed by atoms with Gasteiger partial charge >= 0.3 is 8.03 Å². The van der Waals surface area contributed by atoms with E-state index in [4.69, 9.17) is 0 Å². The van der Waals surface area contributed by atoms with Gasteiger partial charge in [0, 0.05) is 22.3 Å². The summed E-state index contributed by atoms with van der Waals surface area (Å²) in [6, 6.07) is 32.4. The van der Waals surface area contributed by atoms with Crippen molar-refractivity contribution in [1.29, 1.82) is 10.5 Å². The fourth-order valence-electron chi connectivity index (χ4n) is 4.03. The second kappa shape index (κ2) is 9.90. The standard InChI is InChI=1S/C27H16BrN2O2P/c28-27(33(31)32)26-22(17-30)24(19-12-6-2-7-13-19)23(18-10-4-1-5-11-18)21(16-29)25(26)20-14-8-3-9-15-20/h1-15,27H. The molecular formula is C27H16BrN2O2P. The van der Waals surface area contributed by atoms with Crippen LogP contribution in [0.3, 0.4) is 0 Å². The van der Waals surface area contributed by atoms with Crippen LogP contribution in [0.5, 0.6) is 0 Å². The summed E-state index contributed by atoms with van der Waals surface area (Å²) < 4.78 is 11.0. The molecule has 0 spiro atoms. The third-order valence-electron chi connectivity index (χ3n) is 5.37. The minimum absolute atomic E-state index is 0.221. The molecule has 0 fully saturated rings. The SMILES string of the molecule is N#Cc1c(-c2ccccc2)c(-c2ccccc2)c(C#N)c(C(Br)[P+](=O)[O-])c1-c1ccccc1. The van der Waals surface area contributed by atoms with Crippen LogP contribution in [0.2, 0.25) is 0 Å². The van der Waals surface area contributed by atoms with Crippen LogP contribution in [0.15, 0.2) is 91.0 Å². The van der Waals surface area contributed by atoms with Gasteiger partial charge in [-0.1, -0.05) is 95.6 Å². The van der Waals surface area contributed by atoms with Gasteiger partial charge in [0.15, 0.2) is 0 Å². The molecule has 0 saturated carbocycles. The summed E-state index contributed by atoms with van der Waals surface area (Å²) in [5.74, 6) is 0. The molecule has 0 N–H and O–H groups in total. The number of hydrogen-bond donors (Lipinski definition) is 0. The van der Waals surface area contributed by atoms with Crippen LogP contribution < -0.4 is 4.89 Å². The Hall–Kier alpha value is -3.60. The lowest BCUT2D eigenvalue weighted by Crippen LogP contribution is -2.07. The number of benzene rings is 4. The Bertz CT molecular complexity index is 1410. The molecule has 2 unspecified atom stereocenters. The molecule has 0 heterocycles. The summed E-state index contributed by atoms with van der Waals surface area (Å²) in [5, 5.41) is 20.7. The maximum absolute atomic E-state index is 12.2. The third-order valence-corrected chi connectivity index (χ3v) is 7.46. The summed E-state index contributed by atoms with van der Waals surface area (Å²) in [4.78, 5) is 12.2. The van der Waals surface area contributed by atoms with Gasteiger partial charge in [0.05, 0.1) is 11.1 Å². The van der Waals surface area contributed by atoms with Crippen LogP contribution >= 0.6 is 24.0 Å². The van der Waals surface area contributed by atoms with Crippen LogP contribution in [-0.2, 0) is 4.57 Å². The van der Waals surface area contributed by atoms with E-state index in [1.807, 2.05) is 91.0 Å². The molecule has 0 aliphatic rings. The highest BCUT2D eigenvalue weighted by Gasteiger charge is 2.34. The van der Waals surface area contributed by atoms with Crippen LogP contribution in [0.1, 0.15) is 21.3 Å². The fraction of sp³-hybridized carbons (Fsp3) is 0.0370. The second-order valence-corrected chi connectivity index (χ2v) is 9.94. The average Bonchev–Trinajstić information content (AvgIpc) is 2.87. The largest absolute Gasteiger partial charge is 0.594 e. The van der Waals surface area contributed by atoms with E-state index in [1.165, 1.54) is 0 Å². The van der Waals surface area contributed by atoms with E-state index < -0.39 is 12.6 Å². The lowest BCUT2D eigenvalue weighted by atomic mass is 9.80. The number of alkyl halides is 1. The fourth-order valence-corrected chi connectivity index (χ4v) is 4.96. The van der Waals surface area contributed by atoms with E-state index in [2.05, 4.69) is 28.1 Å². The van der Waals surface area contributed by atoms with Gasteiger partial charge < -0.3 is 4.89 Å². The van der Waals surface area contributed by atoms with Gasteiger partial charge in [0.2, 0.25) is 4.57 Å². The first-order chi connectivity index (χ1) is 16.1. The molecule has 4 rings (SSSR count). The van der Waals surface area contributed by atoms with Crippen molar-refractivity contribution >= 4 is 24.0 Å². The Morgan fingerprint density at radius 1 is 0.667 bits per heavy atom. The van der Waals surface area contributed by atoms with Crippen molar-refractivity contribution in [3.05, 3.63) is 108 Å². The van der Waals surface area contributed by atoms with Crippen molar-refractivity contribution in [2.75, 3.05) is 0 Å². The molecule has 0 aromatic heterocycles. The number of nitriles is 2. The zero-order valence-corrected chi connectivity index (χ0v) is 19.8. The van der Waals surface area contributed by atoms with Crippen molar-refractivity contribution in [2.24, 2.45) is 0 Å². The molecule has 0 aliphatic heterocycles.